The Balaban J connectivity index is 2.87. The molecule has 14 heavy (non-hydrogen) atoms. The van der Waals surface area contributed by atoms with E-state index in [-0.39, 0.29) is 6.54 Å². The molecule has 6 heteroatoms. The molecule has 4 N–H and O–H groups in total. The van der Waals surface area contributed by atoms with Gasteiger partial charge in [0, 0.05) is 12.6 Å². The Morgan fingerprint density at radius 3 is 2.29 bits per heavy atom. The summed E-state index contributed by atoms with van der Waals surface area (Å²) in [5.41, 5.74) is 0. The Kier molecular flexibility index (Phi) is 3.07. The highest BCUT2D eigenvalue weighted by molar-refractivity contribution is 5.81. The van der Waals surface area contributed by atoms with Gasteiger partial charge in [-0.1, -0.05) is 0 Å². The minimum absolute atomic E-state index is 0.0739. The molecule has 0 spiro atoms. The highest BCUT2D eigenvalue weighted by Crippen LogP contribution is 2.23. The lowest BCUT2D eigenvalue weighted by Gasteiger charge is -2.35. The van der Waals surface area contributed by atoms with Crippen LogP contribution in [-0.4, -0.2) is 45.9 Å². The fourth-order valence-electron chi connectivity index (χ4n) is 1.67. The van der Waals surface area contributed by atoms with Crippen LogP contribution >= 0.6 is 0 Å². The van der Waals surface area contributed by atoms with Crippen LogP contribution in [0.25, 0.3) is 0 Å². The third-order valence-electron chi connectivity index (χ3n) is 2.58. The van der Waals surface area contributed by atoms with Crippen molar-refractivity contribution in [1.29, 1.82) is 0 Å². The summed E-state index contributed by atoms with van der Waals surface area (Å²) in [6, 6.07) is -0.397. The summed E-state index contributed by atoms with van der Waals surface area (Å²) < 4.78 is 0. The molecule has 1 rings (SSSR count). The number of carboxylic acid groups (broad SMARTS) is 2. The maximum Gasteiger partial charge on any atom is 0.310 e. The Morgan fingerprint density at radius 1 is 1.29 bits per heavy atom. The normalized spacial score (nSPS) is 37.9. The maximum atomic E-state index is 10.8. The average molecular weight is 203 g/mol. The molecule has 0 bridgehead atoms. The summed E-state index contributed by atoms with van der Waals surface area (Å²) >= 11 is 0. The molecule has 4 unspecified atom stereocenters. The third-order valence-corrected chi connectivity index (χ3v) is 2.58. The number of piperidine rings is 1. The van der Waals surface area contributed by atoms with E-state index in [9.17, 15) is 14.7 Å². The molecule has 0 saturated carbocycles. The lowest BCUT2D eigenvalue weighted by Crippen LogP contribution is -2.57. The standard InChI is InChI=1S/C8H13NO5/c1-3-6(10)5(8(13)14)4(2-9-3)7(11)12/h3-6,9-10H,2H2,1H3,(H,11,12)(H,13,14). The van der Waals surface area contributed by atoms with Gasteiger partial charge < -0.3 is 20.6 Å². The Hall–Kier alpha value is -1.14. The monoisotopic (exact) mass is 203 g/mol. The zero-order valence-corrected chi connectivity index (χ0v) is 7.67. The maximum absolute atomic E-state index is 10.8. The fourth-order valence-corrected chi connectivity index (χ4v) is 1.67. The van der Waals surface area contributed by atoms with Crippen LogP contribution < -0.4 is 5.32 Å². The van der Waals surface area contributed by atoms with Gasteiger partial charge in [0.15, 0.2) is 0 Å². The lowest BCUT2D eigenvalue weighted by molar-refractivity contribution is -0.162. The number of nitrogens with one attached hydrogen (secondary N) is 1. The van der Waals surface area contributed by atoms with Crippen molar-refractivity contribution in [2.45, 2.75) is 19.1 Å². The van der Waals surface area contributed by atoms with E-state index >= 15 is 0 Å². The first-order valence-corrected chi connectivity index (χ1v) is 4.32. The van der Waals surface area contributed by atoms with Crippen molar-refractivity contribution < 1.29 is 24.9 Å². The van der Waals surface area contributed by atoms with Gasteiger partial charge in [-0.3, -0.25) is 9.59 Å². The second-order valence-corrected chi connectivity index (χ2v) is 3.50. The van der Waals surface area contributed by atoms with Crippen molar-refractivity contribution in [1.82, 2.24) is 5.32 Å². The first-order chi connectivity index (χ1) is 6.45. The van der Waals surface area contributed by atoms with Gasteiger partial charge in [0.05, 0.1) is 17.9 Å². The van der Waals surface area contributed by atoms with E-state index in [1.807, 2.05) is 0 Å². The molecule has 0 aromatic heterocycles. The number of hydrogen-bond donors (Lipinski definition) is 4. The molecule has 0 aliphatic carbocycles. The van der Waals surface area contributed by atoms with Gasteiger partial charge in [-0.15, -0.1) is 0 Å². The van der Waals surface area contributed by atoms with Crippen LogP contribution in [0.3, 0.4) is 0 Å². The van der Waals surface area contributed by atoms with Gasteiger partial charge in [0.2, 0.25) is 0 Å². The van der Waals surface area contributed by atoms with E-state index in [2.05, 4.69) is 5.32 Å². The number of rotatable bonds is 2. The molecule has 1 aliphatic rings. The number of carboxylic acids is 2. The highest BCUT2D eigenvalue weighted by Gasteiger charge is 2.44. The molecular formula is C8H13NO5. The van der Waals surface area contributed by atoms with Crippen molar-refractivity contribution in [3.63, 3.8) is 0 Å². The molecule has 1 fully saturated rings. The largest absolute Gasteiger partial charge is 0.481 e. The van der Waals surface area contributed by atoms with Gasteiger partial charge >= 0.3 is 11.9 Å². The second kappa shape index (κ2) is 3.93. The minimum atomic E-state index is -1.27. The predicted molar refractivity (Wildman–Crippen MR) is 45.7 cm³/mol. The van der Waals surface area contributed by atoms with E-state index in [1.54, 1.807) is 6.92 Å². The van der Waals surface area contributed by atoms with Gasteiger partial charge in [-0.05, 0) is 6.92 Å². The quantitative estimate of drug-likeness (QED) is 0.446. The van der Waals surface area contributed by atoms with Crippen LogP contribution in [0.5, 0.6) is 0 Å². The number of aliphatic carboxylic acids is 2. The molecule has 1 heterocycles. The van der Waals surface area contributed by atoms with Crippen molar-refractivity contribution in [3.05, 3.63) is 0 Å². The molecule has 0 amide bonds. The molecule has 0 aromatic carbocycles. The van der Waals surface area contributed by atoms with Crippen molar-refractivity contribution in [2.75, 3.05) is 6.54 Å². The van der Waals surface area contributed by atoms with E-state index < -0.39 is 35.9 Å². The van der Waals surface area contributed by atoms with Crippen molar-refractivity contribution >= 4 is 11.9 Å². The predicted octanol–water partition coefficient (Wildman–Crippen LogP) is -1.26. The minimum Gasteiger partial charge on any atom is -0.481 e. The van der Waals surface area contributed by atoms with E-state index in [0.717, 1.165) is 0 Å². The van der Waals surface area contributed by atoms with Crippen LogP contribution in [0.2, 0.25) is 0 Å². The van der Waals surface area contributed by atoms with Crippen LogP contribution in [0.1, 0.15) is 6.92 Å². The Bertz CT molecular complexity index is 254. The number of aliphatic hydroxyl groups excluding tert-OH is 1. The van der Waals surface area contributed by atoms with Gasteiger partial charge in [-0.2, -0.15) is 0 Å². The van der Waals surface area contributed by atoms with Gasteiger partial charge in [-0.25, -0.2) is 0 Å². The molecule has 6 nitrogen and oxygen atoms in total. The van der Waals surface area contributed by atoms with E-state index in [0.29, 0.717) is 0 Å². The summed E-state index contributed by atoms with van der Waals surface area (Å²) in [6.45, 7) is 1.70. The molecule has 1 saturated heterocycles. The van der Waals surface area contributed by atoms with E-state index in [1.165, 1.54) is 0 Å². The number of hydrogen-bond acceptors (Lipinski definition) is 4. The molecule has 4 atom stereocenters. The number of carbonyl (C=O) groups is 2. The number of aliphatic hydroxyl groups is 1. The Labute approximate surface area is 80.5 Å². The highest BCUT2D eigenvalue weighted by atomic mass is 16.4. The summed E-state index contributed by atoms with van der Waals surface area (Å²) in [5.74, 6) is -4.77. The smallest absolute Gasteiger partial charge is 0.310 e. The molecule has 0 aromatic rings. The third kappa shape index (κ3) is 1.85. The summed E-state index contributed by atoms with van der Waals surface area (Å²) in [5, 5.41) is 29.8. The SMILES string of the molecule is CC1NCC(C(=O)O)C(C(=O)O)C1O. The van der Waals surface area contributed by atoms with E-state index in [4.69, 9.17) is 10.2 Å². The van der Waals surface area contributed by atoms with Crippen LogP contribution in [0.4, 0.5) is 0 Å². The molecular weight excluding hydrogens is 190 g/mol. The molecule has 1 aliphatic heterocycles. The second-order valence-electron chi connectivity index (χ2n) is 3.50. The van der Waals surface area contributed by atoms with Crippen LogP contribution in [0.15, 0.2) is 0 Å². The molecule has 80 valence electrons. The fraction of sp³-hybridized carbons (Fsp3) is 0.750. The summed E-state index contributed by atoms with van der Waals surface area (Å²) in [7, 11) is 0. The summed E-state index contributed by atoms with van der Waals surface area (Å²) in [6.07, 6.45) is -1.16. The topological polar surface area (TPSA) is 107 Å². The van der Waals surface area contributed by atoms with Crippen LogP contribution in [0, 0.1) is 11.8 Å². The first kappa shape index (κ1) is 10.9. The van der Waals surface area contributed by atoms with Crippen molar-refractivity contribution in [3.8, 4) is 0 Å². The van der Waals surface area contributed by atoms with Gasteiger partial charge in [0.1, 0.15) is 0 Å². The van der Waals surface area contributed by atoms with Crippen LogP contribution in [-0.2, 0) is 9.59 Å². The molecule has 0 radical (unpaired) electrons. The average Bonchev–Trinajstić information content (AvgIpc) is 2.08. The zero-order chi connectivity index (χ0) is 10.9. The zero-order valence-electron chi connectivity index (χ0n) is 7.67. The van der Waals surface area contributed by atoms with Crippen molar-refractivity contribution in [2.24, 2.45) is 11.8 Å². The Morgan fingerprint density at radius 2 is 1.86 bits per heavy atom. The summed E-state index contributed by atoms with van der Waals surface area (Å²) in [4.78, 5) is 21.5. The van der Waals surface area contributed by atoms with Gasteiger partial charge in [0.25, 0.3) is 0 Å². The lowest BCUT2D eigenvalue weighted by atomic mass is 9.81. The first-order valence-electron chi connectivity index (χ1n) is 4.32.